The Labute approximate surface area is 85.8 Å². The van der Waals surface area contributed by atoms with Gasteiger partial charge >= 0.3 is 5.69 Å². The van der Waals surface area contributed by atoms with E-state index < -0.39 is 17.6 Å². The number of nitro groups is 1. The number of ether oxygens (including phenoxy) is 1. The van der Waals surface area contributed by atoms with Gasteiger partial charge in [-0.05, 0) is 11.6 Å². The van der Waals surface area contributed by atoms with Crippen LogP contribution in [-0.4, -0.2) is 18.7 Å². The predicted molar refractivity (Wildman–Crippen MR) is 52.6 cm³/mol. The molecule has 82 valence electrons. The van der Waals surface area contributed by atoms with Crippen molar-refractivity contribution in [1.82, 2.24) is 0 Å². The van der Waals surface area contributed by atoms with Crippen molar-refractivity contribution in [2.75, 3.05) is 13.8 Å². The number of nitro benzene ring substituents is 1. The first kappa shape index (κ1) is 11.4. The van der Waals surface area contributed by atoms with Crippen molar-refractivity contribution in [2.45, 2.75) is 6.04 Å². The first-order valence-corrected chi connectivity index (χ1v) is 4.24. The number of hydrogen-bond acceptors (Lipinski definition) is 4. The first-order chi connectivity index (χ1) is 7.10. The van der Waals surface area contributed by atoms with Crippen molar-refractivity contribution in [3.8, 4) is 5.75 Å². The zero-order valence-corrected chi connectivity index (χ0v) is 8.14. The van der Waals surface area contributed by atoms with Crippen molar-refractivity contribution in [3.63, 3.8) is 0 Å². The van der Waals surface area contributed by atoms with E-state index >= 15 is 0 Å². The van der Waals surface area contributed by atoms with Crippen molar-refractivity contribution >= 4 is 5.69 Å². The van der Waals surface area contributed by atoms with Crippen LogP contribution in [0.15, 0.2) is 18.2 Å². The highest BCUT2D eigenvalue weighted by atomic mass is 19.1. The van der Waals surface area contributed by atoms with E-state index in [2.05, 4.69) is 0 Å². The molecule has 0 bridgehead atoms. The molecule has 6 heteroatoms. The van der Waals surface area contributed by atoms with Crippen LogP contribution in [-0.2, 0) is 0 Å². The van der Waals surface area contributed by atoms with Crippen LogP contribution >= 0.6 is 0 Å². The fourth-order valence-electron chi connectivity index (χ4n) is 1.17. The second-order valence-corrected chi connectivity index (χ2v) is 2.95. The molecule has 1 aromatic rings. The summed E-state index contributed by atoms with van der Waals surface area (Å²) >= 11 is 0. The monoisotopic (exact) mass is 214 g/mol. The molecule has 0 saturated heterocycles. The number of rotatable bonds is 4. The molecule has 0 heterocycles. The first-order valence-electron chi connectivity index (χ1n) is 4.24. The summed E-state index contributed by atoms with van der Waals surface area (Å²) in [5.74, 6) is 0.134. The van der Waals surface area contributed by atoms with Gasteiger partial charge in [-0.15, -0.1) is 0 Å². The lowest BCUT2D eigenvalue weighted by atomic mass is 10.1. The van der Waals surface area contributed by atoms with E-state index in [4.69, 9.17) is 10.5 Å². The van der Waals surface area contributed by atoms with Gasteiger partial charge < -0.3 is 10.5 Å². The quantitative estimate of drug-likeness (QED) is 0.609. The maximum absolute atomic E-state index is 12.3. The van der Waals surface area contributed by atoms with Gasteiger partial charge in [0, 0.05) is 6.07 Å². The van der Waals surface area contributed by atoms with E-state index in [1.165, 1.54) is 25.3 Å². The average molecular weight is 214 g/mol. The summed E-state index contributed by atoms with van der Waals surface area (Å²) in [6, 6.07) is 3.30. The van der Waals surface area contributed by atoms with Gasteiger partial charge in [-0.2, -0.15) is 0 Å². The Balaban J connectivity index is 3.16. The second kappa shape index (κ2) is 4.70. The molecule has 1 aromatic carbocycles. The Hall–Kier alpha value is -1.69. The van der Waals surface area contributed by atoms with Crippen LogP contribution in [0.4, 0.5) is 10.1 Å². The van der Waals surface area contributed by atoms with E-state index in [-0.39, 0.29) is 11.4 Å². The molecule has 0 aromatic heterocycles. The van der Waals surface area contributed by atoms with Gasteiger partial charge in [0.05, 0.1) is 18.1 Å². The molecule has 1 rings (SSSR count). The van der Waals surface area contributed by atoms with Gasteiger partial charge in [-0.1, -0.05) is 6.07 Å². The highest BCUT2D eigenvalue weighted by molar-refractivity contribution is 5.49. The van der Waals surface area contributed by atoms with Gasteiger partial charge in [0.2, 0.25) is 0 Å². The highest BCUT2D eigenvalue weighted by Gasteiger charge is 2.17. The molecule has 0 aliphatic carbocycles. The molecule has 0 unspecified atom stereocenters. The van der Waals surface area contributed by atoms with Crippen LogP contribution in [0.25, 0.3) is 0 Å². The fraction of sp³-hybridized carbons (Fsp3) is 0.333. The maximum Gasteiger partial charge on any atom is 0.311 e. The minimum Gasteiger partial charge on any atom is -0.490 e. The number of benzene rings is 1. The predicted octanol–water partition coefficient (Wildman–Crippen LogP) is 1.57. The molecule has 15 heavy (non-hydrogen) atoms. The Bertz CT molecular complexity index is 370. The molecule has 0 spiro atoms. The third-order valence-electron chi connectivity index (χ3n) is 1.99. The molecule has 0 radical (unpaired) electrons. The van der Waals surface area contributed by atoms with Crippen molar-refractivity contribution in [3.05, 3.63) is 33.9 Å². The number of hydrogen-bond donors (Lipinski definition) is 1. The van der Waals surface area contributed by atoms with Crippen LogP contribution in [0.1, 0.15) is 11.6 Å². The zero-order valence-electron chi connectivity index (χ0n) is 8.14. The van der Waals surface area contributed by atoms with Gasteiger partial charge in [0.1, 0.15) is 6.67 Å². The van der Waals surface area contributed by atoms with E-state index in [1.54, 1.807) is 0 Å². The molecule has 0 fully saturated rings. The third kappa shape index (κ3) is 2.41. The Morgan fingerprint density at radius 2 is 2.33 bits per heavy atom. The topological polar surface area (TPSA) is 78.4 Å². The summed E-state index contributed by atoms with van der Waals surface area (Å²) < 4.78 is 17.1. The van der Waals surface area contributed by atoms with Gasteiger partial charge in [0.25, 0.3) is 0 Å². The SMILES string of the molecule is COc1ccc([C@H](N)CF)cc1[N+](=O)[O-]. The molecule has 0 aliphatic rings. The van der Waals surface area contributed by atoms with E-state index in [9.17, 15) is 14.5 Å². The number of alkyl halides is 1. The second-order valence-electron chi connectivity index (χ2n) is 2.95. The van der Waals surface area contributed by atoms with Crippen LogP contribution < -0.4 is 10.5 Å². The van der Waals surface area contributed by atoms with Crippen molar-refractivity contribution < 1.29 is 14.1 Å². The molecule has 1 atom stereocenters. The van der Waals surface area contributed by atoms with Crippen molar-refractivity contribution in [1.29, 1.82) is 0 Å². The lowest BCUT2D eigenvalue weighted by molar-refractivity contribution is -0.385. The van der Waals surface area contributed by atoms with E-state index in [0.29, 0.717) is 5.56 Å². The van der Waals surface area contributed by atoms with Crippen LogP contribution in [0.3, 0.4) is 0 Å². The summed E-state index contributed by atoms with van der Waals surface area (Å²) in [7, 11) is 1.33. The van der Waals surface area contributed by atoms with Crippen LogP contribution in [0.5, 0.6) is 5.75 Å². The summed E-state index contributed by atoms with van der Waals surface area (Å²) in [4.78, 5) is 10.0. The standard InChI is InChI=1S/C9H11FN2O3/c1-15-9-3-2-6(7(11)5-10)4-8(9)12(13)14/h2-4,7H,5,11H2,1H3/t7-/m1/s1. The normalized spacial score (nSPS) is 12.2. The average Bonchev–Trinajstić information content (AvgIpc) is 2.27. The summed E-state index contributed by atoms with van der Waals surface area (Å²) in [6.07, 6.45) is 0. The van der Waals surface area contributed by atoms with Crippen molar-refractivity contribution in [2.24, 2.45) is 5.73 Å². The van der Waals surface area contributed by atoms with Gasteiger partial charge in [-0.25, -0.2) is 4.39 Å². The maximum atomic E-state index is 12.3. The molecule has 0 saturated carbocycles. The largest absolute Gasteiger partial charge is 0.490 e. The summed E-state index contributed by atoms with van der Waals surface area (Å²) in [5, 5.41) is 10.6. The Morgan fingerprint density at radius 1 is 1.67 bits per heavy atom. The van der Waals surface area contributed by atoms with Crippen LogP contribution in [0, 0.1) is 10.1 Å². The zero-order chi connectivity index (χ0) is 11.4. The highest BCUT2D eigenvalue weighted by Crippen LogP contribution is 2.29. The lowest BCUT2D eigenvalue weighted by Gasteiger charge is -2.08. The van der Waals surface area contributed by atoms with Gasteiger partial charge in [-0.3, -0.25) is 10.1 Å². The summed E-state index contributed by atoms with van der Waals surface area (Å²) in [6.45, 7) is -0.760. The lowest BCUT2D eigenvalue weighted by Crippen LogP contribution is -2.12. The smallest absolute Gasteiger partial charge is 0.311 e. The molecule has 0 aliphatic heterocycles. The van der Waals surface area contributed by atoms with E-state index in [0.717, 1.165) is 0 Å². The molecule has 5 nitrogen and oxygen atoms in total. The minimum absolute atomic E-state index is 0.134. The fourth-order valence-corrected chi connectivity index (χ4v) is 1.17. The van der Waals surface area contributed by atoms with E-state index in [1.807, 2.05) is 0 Å². The number of methoxy groups -OCH3 is 1. The minimum atomic E-state index is -0.838. The number of nitrogens with zero attached hydrogens (tertiary/aromatic N) is 1. The number of halogens is 1. The number of nitrogens with two attached hydrogens (primary N) is 1. The third-order valence-corrected chi connectivity index (χ3v) is 1.99. The molecular formula is C9H11FN2O3. The van der Waals surface area contributed by atoms with Crippen LogP contribution in [0.2, 0.25) is 0 Å². The molecule has 2 N–H and O–H groups in total. The molecule has 0 amide bonds. The Kier molecular flexibility index (Phi) is 3.56. The Morgan fingerprint density at radius 3 is 2.80 bits per heavy atom. The van der Waals surface area contributed by atoms with Gasteiger partial charge in [0.15, 0.2) is 5.75 Å². The summed E-state index contributed by atoms with van der Waals surface area (Å²) in [5.41, 5.74) is 5.59. The molecular weight excluding hydrogens is 203 g/mol.